The minimum atomic E-state index is -2.03. The molecule has 0 saturated heterocycles. The van der Waals surface area contributed by atoms with E-state index in [1.54, 1.807) is 7.11 Å². The number of esters is 1. The van der Waals surface area contributed by atoms with Crippen LogP contribution in [0.15, 0.2) is 53.2 Å². The van der Waals surface area contributed by atoms with Gasteiger partial charge in [-0.05, 0) is 109 Å². The Hall–Kier alpha value is -2.60. The smallest absolute Gasteiger partial charge is 0.330 e. The van der Waals surface area contributed by atoms with Crippen molar-refractivity contribution in [3.8, 4) is 5.75 Å². The maximum atomic E-state index is 11.7. The third-order valence-electron chi connectivity index (χ3n) is 10.5. The van der Waals surface area contributed by atoms with E-state index in [0.717, 1.165) is 45.9 Å². The average molecular weight is 562 g/mol. The summed E-state index contributed by atoms with van der Waals surface area (Å²) in [6, 6.07) is 6.89. The number of hydrogen-bond donors (Lipinski definition) is 0. The molecule has 0 radical (unpaired) electrons. The molecule has 4 bridgehead atoms. The molecular formula is C34H47NO4Si. The lowest BCUT2D eigenvalue weighted by atomic mass is 9.48. The van der Waals surface area contributed by atoms with Crippen molar-refractivity contribution in [3.63, 3.8) is 0 Å². The monoisotopic (exact) mass is 561 g/mol. The second kappa shape index (κ2) is 10.7. The highest BCUT2D eigenvalue weighted by molar-refractivity contribution is 6.74. The lowest BCUT2D eigenvalue weighted by Gasteiger charge is -2.57. The zero-order valence-corrected chi connectivity index (χ0v) is 26.7. The minimum Gasteiger partial charge on any atom is -0.543 e. The first kappa shape index (κ1) is 28.9. The minimum absolute atomic E-state index is 0.0352. The standard InChI is InChI=1S/C34H47NO4Si/c1-22-26(11-14-31(36)37-5)9-12-28(32(22)35-38-6)27-10-13-30(39-40(7,8)33(2,3)4)29(18-27)34-19-23-15-24(20-34)17-25(16-23)21-34/h9-14,18,22-25H,15-17,19-21H2,1-8H3. The van der Waals surface area contributed by atoms with Gasteiger partial charge in [0.1, 0.15) is 12.9 Å². The number of benzene rings is 1. The Morgan fingerprint density at radius 1 is 1.02 bits per heavy atom. The molecule has 1 unspecified atom stereocenters. The molecule has 0 N–H and O–H groups in total. The van der Waals surface area contributed by atoms with Crippen molar-refractivity contribution in [1.29, 1.82) is 0 Å². The summed E-state index contributed by atoms with van der Waals surface area (Å²) in [5.41, 5.74) is 5.69. The fourth-order valence-electron chi connectivity index (χ4n) is 7.77. The molecule has 5 nitrogen and oxygen atoms in total. The van der Waals surface area contributed by atoms with Gasteiger partial charge in [-0.15, -0.1) is 0 Å². The van der Waals surface area contributed by atoms with Crippen LogP contribution in [-0.2, 0) is 19.8 Å². The van der Waals surface area contributed by atoms with Gasteiger partial charge < -0.3 is 14.0 Å². The molecule has 6 heteroatoms. The summed E-state index contributed by atoms with van der Waals surface area (Å²) in [7, 11) is 0.955. The van der Waals surface area contributed by atoms with Crippen molar-refractivity contribution in [2.45, 2.75) is 89.8 Å². The zero-order valence-electron chi connectivity index (χ0n) is 25.7. The summed E-state index contributed by atoms with van der Waals surface area (Å²) in [5.74, 6) is 3.24. The summed E-state index contributed by atoms with van der Waals surface area (Å²) in [6.07, 6.45) is 15.6. The molecule has 1 aromatic carbocycles. The molecular weight excluding hydrogens is 514 g/mol. The Morgan fingerprint density at radius 3 is 2.20 bits per heavy atom. The fraction of sp³-hybridized carbons (Fsp3) is 0.588. The predicted molar refractivity (Wildman–Crippen MR) is 165 cm³/mol. The quantitative estimate of drug-likeness (QED) is 0.146. The van der Waals surface area contributed by atoms with Gasteiger partial charge in [-0.1, -0.05) is 57.1 Å². The summed E-state index contributed by atoms with van der Waals surface area (Å²) >= 11 is 0. The van der Waals surface area contributed by atoms with Crippen LogP contribution in [0.3, 0.4) is 0 Å². The molecule has 1 atom stereocenters. The van der Waals surface area contributed by atoms with Crippen molar-refractivity contribution in [3.05, 3.63) is 59.2 Å². The van der Waals surface area contributed by atoms with Gasteiger partial charge in [0, 0.05) is 17.6 Å². The van der Waals surface area contributed by atoms with Crippen LogP contribution in [0.4, 0.5) is 0 Å². The van der Waals surface area contributed by atoms with Crippen LogP contribution in [0.1, 0.15) is 77.3 Å². The first-order chi connectivity index (χ1) is 18.9. The third kappa shape index (κ3) is 5.36. The maximum absolute atomic E-state index is 11.7. The van der Waals surface area contributed by atoms with Crippen LogP contribution < -0.4 is 4.43 Å². The Balaban J connectivity index is 1.61. The maximum Gasteiger partial charge on any atom is 0.330 e. The highest BCUT2D eigenvalue weighted by atomic mass is 28.4. The van der Waals surface area contributed by atoms with Crippen molar-refractivity contribution in [2.24, 2.45) is 28.8 Å². The number of carbonyl (C=O) groups excluding carboxylic acids is 1. The molecule has 216 valence electrons. The number of methoxy groups -OCH3 is 1. The molecule has 6 rings (SSSR count). The molecule has 1 aromatic rings. The van der Waals surface area contributed by atoms with Gasteiger partial charge in [0.15, 0.2) is 0 Å². The Labute approximate surface area is 241 Å². The van der Waals surface area contributed by atoms with Gasteiger partial charge in [-0.25, -0.2) is 4.79 Å². The van der Waals surface area contributed by atoms with Crippen LogP contribution >= 0.6 is 0 Å². The van der Waals surface area contributed by atoms with E-state index in [9.17, 15) is 4.79 Å². The second-order valence-corrected chi connectivity index (χ2v) is 19.0. The molecule has 5 aliphatic carbocycles. The Kier molecular flexibility index (Phi) is 7.71. The highest BCUT2D eigenvalue weighted by Crippen LogP contribution is 2.62. The summed E-state index contributed by atoms with van der Waals surface area (Å²) in [4.78, 5) is 17.1. The third-order valence-corrected chi connectivity index (χ3v) is 14.8. The number of rotatable bonds is 7. The normalized spacial score (nSPS) is 30.9. The van der Waals surface area contributed by atoms with Crippen LogP contribution in [0.5, 0.6) is 5.75 Å². The van der Waals surface area contributed by atoms with E-state index < -0.39 is 8.32 Å². The van der Waals surface area contributed by atoms with Gasteiger partial charge in [0.25, 0.3) is 0 Å². The van der Waals surface area contributed by atoms with Crippen molar-refractivity contribution in [1.82, 2.24) is 0 Å². The van der Waals surface area contributed by atoms with E-state index in [0.29, 0.717) is 0 Å². The molecule has 4 saturated carbocycles. The number of oxime groups is 1. The molecule has 0 amide bonds. The molecule has 0 spiro atoms. The van der Waals surface area contributed by atoms with Gasteiger partial charge in [-0.2, -0.15) is 0 Å². The number of hydrogen-bond acceptors (Lipinski definition) is 5. The second-order valence-electron chi connectivity index (χ2n) is 14.3. The van der Waals surface area contributed by atoms with E-state index in [1.807, 2.05) is 6.08 Å². The largest absolute Gasteiger partial charge is 0.543 e. The van der Waals surface area contributed by atoms with Crippen LogP contribution in [0.25, 0.3) is 5.57 Å². The molecule has 40 heavy (non-hydrogen) atoms. The van der Waals surface area contributed by atoms with Crippen molar-refractivity contribution >= 4 is 25.6 Å². The van der Waals surface area contributed by atoms with Crippen LogP contribution in [0.2, 0.25) is 18.1 Å². The van der Waals surface area contributed by atoms with E-state index >= 15 is 0 Å². The van der Waals surface area contributed by atoms with E-state index in [2.05, 4.69) is 76.3 Å². The van der Waals surface area contributed by atoms with Gasteiger partial charge >= 0.3 is 5.97 Å². The Morgan fingerprint density at radius 2 is 1.65 bits per heavy atom. The summed E-state index contributed by atoms with van der Waals surface area (Å²) < 4.78 is 11.9. The topological polar surface area (TPSA) is 57.1 Å². The van der Waals surface area contributed by atoms with E-state index in [-0.39, 0.29) is 22.3 Å². The molecule has 0 aromatic heterocycles. The summed E-state index contributed by atoms with van der Waals surface area (Å²) in [6.45, 7) is 13.8. The number of ether oxygens (including phenoxy) is 1. The SMILES string of the molecule is CON=C1C(c2ccc(O[Si](C)(C)C(C)(C)C)c(C34CC5CC(CC(C5)C3)C4)c2)=CC=C(C=CC(=O)OC)C1C. The Bertz CT molecular complexity index is 1240. The highest BCUT2D eigenvalue weighted by Gasteiger charge is 2.53. The van der Waals surface area contributed by atoms with Crippen LogP contribution in [0, 0.1) is 23.7 Å². The lowest BCUT2D eigenvalue weighted by molar-refractivity contribution is -0.134. The summed E-state index contributed by atoms with van der Waals surface area (Å²) in [5, 5.41) is 4.62. The number of carbonyl (C=O) groups is 1. The average Bonchev–Trinajstić information content (AvgIpc) is 2.87. The molecule has 0 aliphatic heterocycles. The van der Waals surface area contributed by atoms with Gasteiger partial charge in [-0.3, -0.25) is 0 Å². The molecule has 4 fully saturated rings. The lowest BCUT2D eigenvalue weighted by Crippen LogP contribution is -2.49. The van der Waals surface area contributed by atoms with Crippen molar-refractivity contribution in [2.75, 3.05) is 14.2 Å². The van der Waals surface area contributed by atoms with Gasteiger partial charge in [0.2, 0.25) is 8.32 Å². The predicted octanol–water partition coefficient (Wildman–Crippen LogP) is 8.23. The van der Waals surface area contributed by atoms with E-state index in [1.165, 1.54) is 57.3 Å². The first-order valence-corrected chi connectivity index (χ1v) is 17.9. The molecule has 0 heterocycles. The van der Waals surface area contributed by atoms with Gasteiger partial charge in [0.05, 0.1) is 12.8 Å². The zero-order chi connectivity index (χ0) is 28.9. The fourth-order valence-corrected chi connectivity index (χ4v) is 8.81. The number of nitrogens with zero attached hydrogens (tertiary/aromatic N) is 1. The van der Waals surface area contributed by atoms with Crippen LogP contribution in [-0.4, -0.2) is 34.2 Å². The van der Waals surface area contributed by atoms with E-state index in [4.69, 9.17) is 14.0 Å². The number of allylic oxidation sites excluding steroid dienone is 5. The molecule has 5 aliphatic rings. The van der Waals surface area contributed by atoms with Crippen molar-refractivity contribution < 1.29 is 18.8 Å². The first-order valence-electron chi connectivity index (χ1n) is 15.0.